The number of hydrogen-bond donors (Lipinski definition) is 0. The van der Waals surface area contributed by atoms with Crippen LogP contribution in [0.2, 0.25) is 5.02 Å². The molecule has 1 rings (SSSR count). The first-order chi connectivity index (χ1) is 6.15. The minimum Gasteiger partial charge on any atom is -0.115 e. The SMILES string of the molecule is C#Cc1cccc(Cl)c1CC(C)C. The number of rotatable bonds is 2. The van der Waals surface area contributed by atoms with E-state index in [0.29, 0.717) is 5.92 Å². The van der Waals surface area contributed by atoms with E-state index in [9.17, 15) is 0 Å². The molecule has 0 bridgehead atoms. The molecule has 1 aromatic carbocycles. The smallest absolute Gasteiger partial charge is 0.0450 e. The van der Waals surface area contributed by atoms with E-state index in [1.165, 1.54) is 0 Å². The molecule has 0 saturated heterocycles. The van der Waals surface area contributed by atoms with E-state index in [1.54, 1.807) is 0 Å². The van der Waals surface area contributed by atoms with Crippen LogP contribution in [0.3, 0.4) is 0 Å². The van der Waals surface area contributed by atoms with E-state index in [1.807, 2.05) is 18.2 Å². The van der Waals surface area contributed by atoms with Crippen molar-refractivity contribution in [2.24, 2.45) is 5.92 Å². The third-order valence-corrected chi connectivity index (χ3v) is 2.24. The van der Waals surface area contributed by atoms with E-state index < -0.39 is 0 Å². The molecule has 0 spiro atoms. The summed E-state index contributed by atoms with van der Waals surface area (Å²) in [6.45, 7) is 4.31. The van der Waals surface area contributed by atoms with Gasteiger partial charge in [-0.05, 0) is 30.0 Å². The highest BCUT2D eigenvalue weighted by atomic mass is 35.5. The molecule has 0 heterocycles. The lowest BCUT2D eigenvalue weighted by Crippen LogP contribution is -1.98. The Labute approximate surface area is 84.9 Å². The van der Waals surface area contributed by atoms with Crippen LogP contribution < -0.4 is 0 Å². The van der Waals surface area contributed by atoms with E-state index in [-0.39, 0.29) is 0 Å². The standard InChI is InChI=1S/C12H13Cl/c1-4-10-6-5-7-12(13)11(10)8-9(2)3/h1,5-7,9H,8H2,2-3H3. The predicted octanol–water partition coefficient (Wildman–Crippen LogP) is 3.52. The molecule has 1 aromatic rings. The molecule has 0 radical (unpaired) electrons. The second-order valence-electron chi connectivity index (χ2n) is 3.51. The minimum absolute atomic E-state index is 0.576. The van der Waals surface area contributed by atoms with Gasteiger partial charge in [0.25, 0.3) is 0 Å². The molecule has 0 fully saturated rings. The fourth-order valence-electron chi connectivity index (χ4n) is 1.31. The topological polar surface area (TPSA) is 0 Å². The lowest BCUT2D eigenvalue weighted by molar-refractivity contribution is 0.646. The van der Waals surface area contributed by atoms with E-state index >= 15 is 0 Å². The Morgan fingerprint density at radius 3 is 2.69 bits per heavy atom. The zero-order chi connectivity index (χ0) is 9.84. The summed E-state index contributed by atoms with van der Waals surface area (Å²) in [5, 5.41) is 0.782. The van der Waals surface area contributed by atoms with Crippen LogP contribution in [0, 0.1) is 18.3 Å². The zero-order valence-electron chi connectivity index (χ0n) is 7.97. The summed E-state index contributed by atoms with van der Waals surface area (Å²) in [5.74, 6) is 3.23. The molecule has 0 aliphatic heterocycles. The van der Waals surface area contributed by atoms with Crippen LogP contribution in [0.25, 0.3) is 0 Å². The van der Waals surface area contributed by atoms with Crippen molar-refractivity contribution in [1.82, 2.24) is 0 Å². The van der Waals surface area contributed by atoms with Gasteiger partial charge in [0, 0.05) is 10.6 Å². The molecule has 0 atom stereocenters. The van der Waals surface area contributed by atoms with Gasteiger partial charge in [-0.25, -0.2) is 0 Å². The first-order valence-corrected chi connectivity index (χ1v) is 4.77. The number of hydrogen-bond acceptors (Lipinski definition) is 0. The molecular weight excluding hydrogens is 180 g/mol. The Bertz CT molecular complexity index is 331. The van der Waals surface area contributed by atoms with Crippen molar-refractivity contribution < 1.29 is 0 Å². The third-order valence-electron chi connectivity index (χ3n) is 1.89. The van der Waals surface area contributed by atoms with Gasteiger partial charge in [0.2, 0.25) is 0 Å². The van der Waals surface area contributed by atoms with Crippen LogP contribution in [0.5, 0.6) is 0 Å². The van der Waals surface area contributed by atoms with E-state index in [2.05, 4.69) is 19.8 Å². The minimum atomic E-state index is 0.576. The Hall–Kier alpha value is -0.930. The van der Waals surface area contributed by atoms with Crippen LogP contribution in [0.4, 0.5) is 0 Å². The van der Waals surface area contributed by atoms with Crippen molar-refractivity contribution in [3.8, 4) is 12.3 Å². The summed E-state index contributed by atoms with van der Waals surface area (Å²) in [4.78, 5) is 0. The van der Waals surface area contributed by atoms with Gasteiger partial charge in [-0.3, -0.25) is 0 Å². The second kappa shape index (κ2) is 4.35. The van der Waals surface area contributed by atoms with Gasteiger partial charge < -0.3 is 0 Å². The molecule has 0 aromatic heterocycles. The predicted molar refractivity (Wildman–Crippen MR) is 57.9 cm³/mol. The van der Waals surface area contributed by atoms with Gasteiger partial charge in [-0.1, -0.05) is 37.4 Å². The molecule has 0 amide bonds. The Kier molecular flexibility index (Phi) is 3.39. The maximum atomic E-state index is 6.06. The van der Waals surface area contributed by atoms with Gasteiger partial charge in [0.1, 0.15) is 0 Å². The van der Waals surface area contributed by atoms with Crippen LogP contribution >= 0.6 is 11.6 Å². The third kappa shape index (κ3) is 2.50. The van der Waals surface area contributed by atoms with Crippen molar-refractivity contribution in [3.63, 3.8) is 0 Å². The zero-order valence-corrected chi connectivity index (χ0v) is 8.73. The van der Waals surface area contributed by atoms with Gasteiger partial charge >= 0.3 is 0 Å². The van der Waals surface area contributed by atoms with Gasteiger partial charge in [0.15, 0.2) is 0 Å². The molecule has 1 heteroatoms. The number of benzene rings is 1. The van der Waals surface area contributed by atoms with Gasteiger partial charge in [-0.15, -0.1) is 6.42 Å². The summed E-state index contributed by atoms with van der Waals surface area (Å²) in [5.41, 5.74) is 2.02. The fraction of sp³-hybridized carbons (Fsp3) is 0.333. The summed E-state index contributed by atoms with van der Waals surface area (Å²) >= 11 is 6.06. The first-order valence-electron chi connectivity index (χ1n) is 4.39. The molecule has 0 unspecified atom stereocenters. The fourth-order valence-corrected chi connectivity index (χ4v) is 1.56. The molecule has 68 valence electrons. The molecule has 0 nitrogen and oxygen atoms in total. The molecule has 0 saturated carbocycles. The quantitative estimate of drug-likeness (QED) is 0.629. The maximum Gasteiger partial charge on any atom is 0.0450 e. The van der Waals surface area contributed by atoms with Gasteiger partial charge in [-0.2, -0.15) is 0 Å². The molecule has 0 aliphatic rings. The highest BCUT2D eigenvalue weighted by Gasteiger charge is 2.06. The molecular formula is C12H13Cl. The van der Waals surface area contributed by atoms with Crippen molar-refractivity contribution in [2.75, 3.05) is 0 Å². The van der Waals surface area contributed by atoms with Gasteiger partial charge in [0.05, 0.1) is 0 Å². The highest BCUT2D eigenvalue weighted by molar-refractivity contribution is 6.31. The summed E-state index contributed by atoms with van der Waals surface area (Å²) < 4.78 is 0. The summed E-state index contributed by atoms with van der Waals surface area (Å²) in [6.07, 6.45) is 6.33. The van der Waals surface area contributed by atoms with Crippen LogP contribution in [0.1, 0.15) is 25.0 Å². The Morgan fingerprint density at radius 1 is 1.46 bits per heavy atom. The first kappa shape index (κ1) is 10.2. The highest BCUT2D eigenvalue weighted by Crippen LogP contribution is 2.22. The van der Waals surface area contributed by atoms with Crippen molar-refractivity contribution in [3.05, 3.63) is 34.3 Å². The average Bonchev–Trinajstić information content (AvgIpc) is 2.08. The van der Waals surface area contributed by atoms with E-state index in [0.717, 1.165) is 22.6 Å². The molecule has 0 N–H and O–H groups in total. The lowest BCUT2D eigenvalue weighted by atomic mass is 9.98. The number of terminal acetylenes is 1. The van der Waals surface area contributed by atoms with Crippen molar-refractivity contribution in [1.29, 1.82) is 0 Å². The van der Waals surface area contributed by atoms with Crippen LogP contribution in [-0.4, -0.2) is 0 Å². The molecule has 0 aliphatic carbocycles. The van der Waals surface area contributed by atoms with Crippen LogP contribution in [-0.2, 0) is 6.42 Å². The lowest BCUT2D eigenvalue weighted by Gasteiger charge is -2.09. The number of halogens is 1. The van der Waals surface area contributed by atoms with E-state index in [4.69, 9.17) is 18.0 Å². The van der Waals surface area contributed by atoms with Crippen molar-refractivity contribution in [2.45, 2.75) is 20.3 Å². The molecule has 13 heavy (non-hydrogen) atoms. The monoisotopic (exact) mass is 192 g/mol. The Morgan fingerprint density at radius 2 is 2.15 bits per heavy atom. The normalized spacial score (nSPS) is 10.1. The largest absolute Gasteiger partial charge is 0.115 e. The Balaban J connectivity index is 3.10. The maximum absolute atomic E-state index is 6.06. The second-order valence-corrected chi connectivity index (χ2v) is 3.92. The average molecular weight is 193 g/mol. The van der Waals surface area contributed by atoms with Crippen LogP contribution in [0.15, 0.2) is 18.2 Å². The summed E-state index contributed by atoms with van der Waals surface area (Å²) in [6, 6.07) is 5.71. The summed E-state index contributed by atoms with van der Waals surface area (Å²) in [7, 11) is 0. The van der Waals surface area contributed by atoms with Crippen molar-refractivity contribution >= 4 is 11.6 Å².